The lowest BCUT2D eigenvalue weighted by atomic mass is 10.0. The molecule has 176 valence electrons. The summed E-state index contributed by atoms with van der Waals surface area (Å²) >= 11 is 0. The van der Waals surface area contributed by atoms with Gasteiger partial charge in [-0.3, -0.25) is 4.79 Å². The summed E-state index contributed by atoms with van der Waals surface area (Å²) in [7, 11) is 1.63. The molecule has 8 nitrogen and oxygen atoms in total. The van der Waals surface area contributed by atoms with Gasteiger partial charge in [-0.25, -0.2) is 9.97 Å². The third kappa shape index (κ3) is 5.26. The van der Waals surface area contributed by atoms with Crippen LogP contribution in [0.4, 0.5) is 5.82 Å². The number of likely N-dealkylation sites (N-methyl/N-ethyl adjacent to an activating group) is 1. The van der Waals surface area contributed by atoms with Gasteiger partial charge >= 0.3 is 0 Å². The Morgan fingerprint density at radius 2 is 1.76 bits per heavy atom. The number of aromatic nitrogens is 2. The molecule has 0 radical (unpaired) electrons. The number of piperazine rings is 1. The summed E-state index contributed by atoms with van der Waals surface area (Å²) in [4.78, 5) is 27.2. The standard InChI is InChI=1S/C26H30N6O2/c1-3-31-14-16-32(17-15-31)25-24(29-22-6-4-5-7-23(22)30-25)21(18-27)26(33)28-13-12-19-8-10-20(34-2)11-9-19/h4-11,21H,3,12-17H2,1-2H3,(H,28,33). The van der Waals surface area contributed by atoms with E-state index in [4.69, 9.17) is 14.7 Å². The monoisotopic (exact) mass is 458 g/mol. The van der Waals surface area contributed by atoms with E-state index in [0.717, 1.165) is 49.6 Å². The quantitative estimate of drug-likeness (QED) is 0.555. The molecule has 1 fully saturated rings. The summed E-state index contributed by atoms with van der Waals surface area (Å²) < 4.78 is 5.19. The molecule has 1 amide bonds. The number of nitriles is 1. The second-order valence-electron chi connectivity index (χ2n) is 8.29. The van der Waals surface area contributed by atoms with E-state index in [1.807, 2.05) is 48.5 Å². The smallest absolute Gasteiger partial charge is 0.243 e. The van der Waals surface area contributed by atoms with Gasteiger partial charge in [0.25, 0.3) is 0 Å². The van der Waals surface area contributed by atoms with Crippen LogP contribution < -0.4 is 15.0 Å². The Labute approximate surface area is 200 Å². The van der Waals surface area contributed by atoms with E-state index in [2.05, 4.69) is 28.1 Å². The number of para-hydroxylation sites is 2. The lowest BCUT2D eigenvalue weighted by Gasteiger charge is -2.35. The molecule has 2 heterocycles. The van der Waals surface area contributed by atoms with Gasteiger partial charge in [0, 0.05) is 32.7 Å². The van der Waals surface area contributed by atoms with E-state index in [1.54, 1.807) is 7.11 Å². The maximum atomic E-state index is 13.1. The number of rotatable bonds is 8. The molecular weight excluding hydrogens is 428 g/mol. The van der Waals surface area contributed by atoms with Crippen molar-refractivity contribution >= 4 is 22.8 Å². The highest BCUT2D eigenvalue weighted by atomic mass is 16.5. The second kappa shape index (κ2) is 10.9. The van der Waals surface area contributed by atoms with Crippen LogP contribution in [0.15, 0.2) is 48.5 Å². The van der Waals surface area contributed by atoms with Crippen molar-refractivity contribution in [3.05, 3.63) is 59.8 Å². The number of anilines is 1. The number of benzene rings is 2. The average Bonchev–Trinajstić information content (AvgIpc) is 2.89. The van der Waals surface area contributed by atoms with E-state index in [9.17, 15) is 10.1 Å². The summed E-state index contributed by atoms with van der Waals surface area (Å²) in [5.41, 5.74) is 2.94. The van der Waals surface area contributed by atoms with E-state index >= 15 is 0 Å². The molecule has 1 atom stereocenters. The van der Waals surface area contributed by atoms with Gasteiger partial charge in [-0.05, 0) is 42.8 Å². The van der Waals surface area contributed by atoms with Gasteiger partial charge in [0.15, 0.2) is 11.7 Å². The normalized spacial score (nSPS) is 15.0. The number of methoxy groups -OCH3 is 1. The third-order valence-corrected chi connectivity index (χ3v) is 6.23. The number of hydrogen-bond acceptors (Lipinski definition) is 7. The first-order chi connectivity index (χ1) is 16.6. The molecule has 4 rings (SSSR count). The Kier molecular flexibility index (Phi) is 7.55. The van der Waals surface area contributed by atoms with Crippen LogP contribution in [0.1, 0.15) is 24.1 Å². The van der Waals surface area contributed by atoms with E-state index < -0.39 is 5.92 Å². The first-order valence-corrected chi connectivity index (χ1v) is 11.7. The van der Waals surface area contributed by atoms with Gasteiger partial charge in [0.2, 0.25) is 5.91 Å². The summed E-state index contributed by atoms with van der Waals surface area (Å²) in [6, 6.07) is 17.5. The third-order valence-electron chi connectivity index (χ3n) is 6.23. The van der Waals surface area contributed by atoms with Crippen molar-refractivity contribution in [2.45, 2.75) is 19.3 Å². The zero-order valence-electron chi connectivity index (χ0n) is 19.7. The van der Waals surface area contributed by atoms with Crippen molar-refractivity contribution in [2.75, 3.05) is 51.3 Å². The van der Waals surface area contributed by atoms with Gasteiger partial charge in [-0.1, -0.05) is 31.2 Å². The van der Waals surface area contributed by atoms with Crippen molar-refractivity contribution in [3.8, 4) is 11.8 Å². The number of amides is 1. The lowest BCUT2D eigenvalue weighted by molar-refractivity contribution is -0.121. The van der Waals surface area contributed by atoms with Crippen LogP contribution >= 0.6 is 0 Å². The average molecular weight is 459 g/mol. The highest BCUT2D eigenvalue weighted by Gasteiger charge is 2.29. The predicted octanol–water partition coefficient (Wildman–Crippen LogP) is 2.75. The number of fused-ring (bicyclic) bond motifs is 1. The van der Waals surface area contributed by atoms with Gasteiger partial charge in [-0.15, -0.1) is 0 Å². The summed E-state index contributed by atoms with van der Waals surface area (Å²) in [5, 5.41) is 12.9. The molecule has 0 saturated carbocycles. The van der Waals surface area contributed by atoms with Gasteiger partial charge < -0.3 is 19.9 Å². The summed E-state index contributed by atoms with van der Waals surface area (Å²) in [6.07, 6.45) is 0.656. The van der Waals surface area contributed by atoms with Crippen molar-refractivity contribution < 1.29 is 9.53 Å². The van der Waals surface area contributed by atoms with E-state index in [1.165, 1.54) is 0 Å². The molecule has 0 aliphatic carbocycles. The van der Waals surface area contributed by atoms with Crippen molar-refractivity contribution in [3.63, 3.8) is 0 Å². The van der Waals surface area contributed by atoms with Crippen molar-refractivity contribution in [2.24, 2.45) is 0 Å². The highest BCUT2D eigenvalue weighted by Crippen LogP contribution is 2.28. The van der Waals surface area contributed by atoms with Gasteiger partial charge in [-0.2, -0.15) is 5.26 Å². The highest BCUT2D eigenvalue weighted by molar-refractivity contribution is 5.88. The second-order valence-corrected chi connectivity index (χ2v) is 8.29. The van der Waals surface area contributed by atoms with Gasteiger partial charge in [0.05, 0.1) is 24.2 Å². The molecule has 1 unspecified atom stereocenters. The molecule has 1 N–H and O–H groups in total. The molecule has 3 aromatic rings. The number of carbonyl (C=O) groups is 1. The number of hydrogen-bond donors (Lipinski definition) is 1. The van der Waals surface area contributed by atoms with Crippen molar-refractivity contribution in [1.29, 1.82) is 5.26 Å². The van der Waals surface area contributed by atoms with Crippen LogP contribution in [0.25, 0.3) is 11.0 Å². The van der Waals surface area contributed by atoms with Crippen LogP contribution in [0, 0.1) is 11.3 Å². The first kappa shape index (κ1) is 23.5. The van der Waals surface area contributed by atoms with Gasteiger partial charge in [0.1, 0.15) is 11.4 Å². The maximum Gasteiger partial charge on any atom is 0.243 e. The lowest BCUT2D eigenvalue weighted by Crippen LogP contribution is -2.47. The molecule has 1 saturated heterocycles. The molecule has 2 aromatic carbocycles. The zero-order valence-corrected chi connectivity index (χ0v) is 19.7. The van der Waals surface area contributed by atoms with E-state index in [0.29, 0.717) is 30.0 Å². The number of carbonyl (C=O) groups excluding carboxylic acids is 1. The molecule has 34 heavy (non-hydrogen) atoms. The number of nitrogens with one attached hydrogen (secondary N) is 1. The van der Waals surface area contributed by atoms with Crippen LogP contribution in [-0.4, -0.2) is 67.2 Å². The number of nitrogens with zero attached hydrogens (tertiary/aromatic N) is 5. The molecule has 1 aliphatic rings. The molecular formula is C26H30N6O2. The Balaban J connectivity index is 1.54. The van der Waals surface area contributed by atoms with Crippen LogP contribution in [-0.2, 0) is 11.2 Å². The maximum absolute atomic E-state index is 13.1. The largest absolute Gasteiger partial charge is 0.497 e. The van der Waals surface area contributed by atoms with E-state index in [-0.39, 0.29) is 5.91 Å². The fourth-order valence-corrected chi connectivity index (χ4v) is 4.17. The van der Waals surface area contributed by atoms with Crippen LogP contribution in [0.3, 0.4) is 0 Å². The Hall–Kier alpha value is -3.70. The van der Waals surface area contributed by atoms with Crippen molar-refractivity contribution in [1.82, 2.24) is 20.2 Å². The number of ether oxygens (including phenoxy) is 1. The zero-order chi connectivity index (χ0) is 23.9. The predicted molar refractivity (Wildman–Crippen MR) is 132 cm³/mol. The summed E-state index contributed by atoms with van der Waals surface area (Å²) in [5.74, 6) is 0.0343. The fraction of sp³-hybridized carbons (Fsp3) is 0.385. The molecule has 0 bridgehead atoms. The van der Waals surface area contributed by atoms with Crippen LogP contribution in [0.2, 0.25) is 0 Å². The molecule has 0 spiro atoms. The fourth-order valence-electron chi connectivity index (χ4n) is 4.17. The first-order valence-electron chi connectivity index (χ1n) is 11.7. The SMILES string of the molecule is CCN1CCN(c2nc3ccccc3nc2C(C#N)C(=O)NCCc2ccc(OC)cc2)CC1. The summed E-state index contributed by atoms with van der Waals surface area (Å²) in [6.45, 7) is 6.97. The topological polar surface area (TPSA) is 94.4 Å². The Bertz CT molecular complexity index is 1170. The van der Waals surface area contributed by atoms with Crippen LogP contribution in [0.5, 0.6) is 5.75 Å². The molecule has 1 aliphatic heterocycles. The molecule has 8 heteroatoms. The Morgan fingerprint density at radius 1 is 1.09 bits per heavy atom. The minimum atomic E-state index is -1.04. The Morgan fingerprint density at radius 3 is 2.38 bits per heavy atom. The minimum Gasteiger partial charge on any atom is -0.497 e. The minimum absolute atomic E-state index is 0.353. The molecule has 1 aromatic heterocycles.